The second-order valence-corrected chi connectivity index (χ2v) is 5.40. The summed E-state index contributed by atoms with van der Waals surface area (Å²) in [5.41, 5.74) is 0. The van der Waals surface area contributed by atoms with Crippen LogP contribution in [0.15, 0.2) is 0 Å². The number of hydrogen-bond donors (Lipinski definition) is 1. The van der Waals surface area contributed by atoms with Crippen molar-refractivity contribution in [2.45, 2.75) is 65.5 Å². The average molecular weight is 211 g/mol. The highest BCUT2D eigenvalue weighted by atomic mass is 16.1. The van der Waals surface area contributed by atoms with Crippen molar-refractivity contribution in [2.75, 3.05) is 0 Å². The summed E-state index contributed by atoms with van der Waals surface area (Å²) < 4.78 is 0. The van der Waals surface area contributed by atoms with Crippen molar-refractivity contribution < 1.29 is 4.79 Å². The van der Waals surface area contributed by atoms with Gasteiger partial charge in [-0.15, -0.1) is 0 Å². The van der Waals surface area contributed by atoms with E-state index in [1.54, 1.807) is 0 Å². The normalized spacial score (nSPS) is 20.1. The number of carbonyl (C=O) groups excluding carboxylic acids is 1. The van der Waals surface area contributed by atoms with Crippen LogP contribution in [0.5, 0.6) is 0 Å². The van der Waals surface area contributed by atoms with Crippen LogP contribution in [-0.4, -0.2) is 17.9 Å². The van der Waals surface area contributed by atoms with E-state index in [2.05, 4.69) is 19.2 Å². The molecule has 0 aliphatic heterocycles. The molecule has 0 amide bonds. The minimum absolute atomic E-state index is 0.104. The van der Waals surface area contributed by atoms with Gasteiger partial charge in [-0.3, -0.25) is 4.79 Å². The lowest BCUT2D eigenvalue weighted by Crippen LogP contribution is -2.47. The molecule has 1 rings (SSSR count). The Bertz CT molecular complexity index is 205. The van der Waals surface area contributed by atoms with Crippen LogP contribution >= 0.6 is 0 Å². The van der Waals surface area contributed by atoms with Crippen LogP contribution in [0.25, 0.3) is 0 Å². The van der Waals surface area contributed by atoms with Crippen LogP contribution in [0.4, 0.5) is 0 Å². The minimum Gasteiger partial charge on any atom is -0.305 e. The fourth-order valence-corrected chi connectivity index (χ4v) is 2.46. The van der Waals surface area contributed by atoms with E-state index in [9.17, 15) is 4.79 Å². The monoisotopic (exact) mass is 211 g/mol. The maximum absolute atomic E-state index is 12.1. The average Bonchev–Trinajstić information content (AvgIpc) is 2.65. The zero-order valence-corrected chi connectivity index (χ0v) is 10.5. The summed E-state index contributed by atoms with van der Waals surface area (Å²) in [6.07, 6.45) is 5.05. The van der Waals surface area contributed by atoms with Crippen LogP contribution in [-0.2, 0) is 4.79 Å². The zero-order valence-electron chi connectivity index (χ0n) is 10.5. The highest BCUT2D eigenvalue weighted by Gasteiger charge is 2.31. The molecule has 1 N–H and O–H groups in total. The summed E-state index contributed by atoms with van der Waals surface area (Å²) in [7, 11) is 0. The summed E-state index contributed by atoms with van der Waals surface area (Å²) in [4.78, 5) is 12.1. The molecular weight excluding hydrogens is 186 g/mol. The molecule has 1 unspecified atom stereocenters. The molecule has 1 saturated carbocycles. The van der Waals surface area contributed by atoms with Gasteiger partial charge in [0, 0.05) is 12.0 Å². The molecule has 1 atom stereocenters. The molecule has 0 radical (unpaired) electrons. The van der Waals surface area contributed by atoms with Crippen LogP contribution in [0, 0.1) is 11.8 Å². The van der Waals surface area contributed by atoms with Crippen molar-refractivity contribution in [3.8, 4) is 0 Å². The molecule has 0 aromatic rings. The molecule has 1 aliphatic rings. The van der Waals surface area contributed by atoms with E-state index in [1.165, 1.54) is 25.7 Å². The first-order valence-electron chi connectivity index (χ1n) is 6.32. The standard InChI is InChI=1S/C13H25NO/c1-9(2)13(15)12(14-10(3)4)11-7-5-6-8-11/h9-12,14H,5-8H2,1-4H3. The van der Waals surface area contributed by atoms with Gasteiger partial charge < -0.3 is 5.32 Å². The molecule has 1 fully saturated rings. The van der Waals surface area contributed by atoms with Gasteiger partial charge in [0.05, 0.1) is 6.04 Å². The van der Waals surface area contributed by atoms with Gasteiger partial charge in [0.15, 0.2) is 5.78 Å². The molecule has 0 bridgehead atoms. The van der Waals surface area contributed by atoms with Gasteiger partial charge in [-0.05, 0) is 18.8 Å². The smallest absolute Gasteiger partial charge is 0.152 e. The largest absolute Gasteiger partial charge is 0.305 e. The Morgan fingerprint density at radius 2 is 1.67 bits per heavy atom. The number of ketones is 1. The number of hydrogen-bond acceptors (Lipinski definition) is 2. The highest BCUT2D eigenvalue weighted by Crippen LogP contribution is 2.29. The van der Waals surface area contributed by atoms with Crippen LogP contribution in [0.3, 0.4) is 0 Å². The van der Waals surface area contributed by atoms with Gasteiger partial charge in [-0.2, -0.15) is 0 Å². The Morgan fingerprint density at radius 3 is 2.07 bits per heavy atom. The van der Waals surface area contributed by atoms with Gasteiger partial charge >= 0.3 is 0 Å². The maximum atomic E-state index is 12.1. The van der Waals surface area contributed by atoms with E-state index >= 15 is 0 Å². The lowest BCUT2D eigenvalue weighted by molar-refractivity contribution is -0.125. The summed E-state index contributed by atoms with van der Waals surface area (Å²) in [5, 5.41) is 3.45. The highest BCUT2D eigenvalue weighted by molar-refractivity contribution is 5.86. The second-order valence-electron chi connectivity index (χ2n) is 5.40. The van der Waals surface area contributed by atoms with E-state index in [4.69, 9.17) is 0 Å². The Balaban J connectivity index is 2.63. The van der Waals surface area contributed by atoms with Crippen molar-refractivity contribution in [1.82, 2.24) is 5.32 Å². The first-order chi connectivity index (χ1) is 7.02. The van der Waals surface area contributed by atoms with Crippen LogP contribution < -0.4 is 5.32 Å². The van der Waals surface area contributed by atoms with Gasteiger partial charge in [-0.25, -0.2) is 0 Å². The lowest BCUT2D eigenvalue weighted by Gasteiger charge is -2.27. The molecule has 0 heterocycles. The van der Waals surface area contributed by atoms with Crippen molar-refractivity contribution >= 4 is 5.78 Å². The fourth-order valence-electron chi connectivity index (χ4n) is 2.46. The third-order valence-electron chi connectivity index (χ3n) is 3.26. The molecule has 15 heavy (non-hydrogen) atoms. The Kier molecular flexibility index (Phi) is 4.78. The molecule has 0 aromatic carbocycles. The van der Waals surface area contributed by atoms with Gasteiger partial charge in [-0.1, -0.05) is 40.5 Å². The van der Waals surface area contributed by atoms with E-state index in [0.717, 1.165) is 0 Å². The SMILES string of the molecule is CC(C)NC(C(=O)C(C)C)C1CCCC1. The van der Waals surface area contributed by atoms with Crippen molar-refractivity contribution in [1.29, 1.82) is 0 Å². The predicted octanol–water partition coefficient (Wildman–Crippen LogP) is 2.77. The number of Topliss-reactive ketones (excluding diaryl/α,β-unsaturated/α-hetero) is 1. The Labute approximate surface area is 93.8 Å². The van der Waals surface area contributed by atoms with Gasteiger partial charge in [0.1, 0.15) is 0 Å². The fraction of sp³-hybridized carbons (Fsp3) is 0.923. The molecule has 1 aliphatic carbocycles. The first-order valence-corrected chi connectivity index (χ1v) is 6.32. The Hall–Kier alpha value is -0.370. The molecule has 88 valence electrons. The van der Waals surface area contributed by atoms with Crippen LogP contribution in [0.1, 0.15) is 53.4 Å². The first kappa shape index (κ1) is 12.7. The number of nitrogens with one attached hydrogen (secondary N) is 1. The van der Waals surface area contributed by atoms with Crippen molar-refractivity contribution in [3.05, 3.63) is 0 Å². The number of carbonyl (C=O) groups is 1. The minimum atomic E-state index is 0.104. The lowest BCUT2D eigenvalue weighted by atomic mass is 9.89. The van der Waals surface area contributed by atoms with E-state index < -0.39 is 0 Å². The summed E-state index contributed by atoms with van der Waals surface area (Å²) in [5.74, 6) is 1.14. The quantitative estimate of drug-likeness (QED) is 0.757. The molecule has 0 aromatic heterocycles. The topological polar surface area (TPSA) is 29.1 Å². The van der Waals surface area contributed by atoms with Gasteiger partial charge in [0.2, 0.25) is 0 Å². The third kappa shape index (κ3) is 3.60. The molecular formula is C13H25NO. The zero-order chi connectivity index (χ0) is 11.4. The van der Waals surface area contributed by atoms with Crippen LogP contribution in [0.2, 0.25) is 0 Å². The molecule has 0 saturated heterocycles. The van der Waals surface area contributed by atoms with Gasteiger partial charge in [0.25, 0.3) is 0 Å². The molecule has 0 spiro atoms. The Morgan fingerprint density at radius 1 is 1.13 bits per heavy atom. The third-order valence-corrected chi connectivity index (χ3v) is 3.26. The van der Waals surface area contributed by atoms with E-state index in [1.807, 2.05) is 13.8 Å². The van der Waals surface area contributed by atoms with E-state index in [0.29, 0.717) is 17.7 Å². The van der Waals surface area contributed by atoms with E-state index in [-0.39, 0.29) is 12.0 Å². The summed E-state index contributed by atoms with van der Waals surface area (Å²) in [6, 6.07) is 0.505. The molecule has 2 heteroatoms. The summed E-state index contributed by atoms with van der Waals surface area (Å²) >= 11 is 0. The summed E-state index contributed by atoms with van der Waals surface area (Å²) in [6.45, 7) is 8.25. The van der Waals surface area contributed by atoms with Crippen molar-refractivity contribution in [3.63, 3.8) is 0 Å². The predicted molar refractivity (Wildman–Crippen MR) is 63.9 cm³/mol. The second kappa shape index (κ2) is 5.64. The molecule has 2 nitrogen and oxygen atoms in total. The van der Waals surface area contributed by atoms with Crippen molar-refractivity contribution in [2.24, 2.45) is 11.8 Å². The maximum Gasteiger partial charge on any atom is 0.152 e. The number of rotatable bonds is 5.